The number of Topliss-reactive ketones (excluding diaryl/α,β-unsaturated/α-hetero) is 1. The van der Waals surface area contributed by atoms with Gasteiger partial charge in [0.15, 0.2) is 0 Å². The van der Waals surface area contributed by atoms with Gasteiger partial charge in [0.2, 0.25) is 5.78 Å². The van der Waals surface area contributed by atoms with E-state index in [-0.39, 0.29) is 5.71 Å². The number of carbonyl (C=O) groups excluding carboxylic acids is 2. The van der Waals surface area contributed by atoms with Crippen LogP contribution < -0.4 is 5.32 Å². The fourth-order valence-corrected chi connectivity index (χ4v) is 1.56. The zero-order chi connectivity index (χ0) is 15.1. The summed E-state index contributed by atoms with van der Waals surface area (Å²) in [6.07, 6.45) is 3.73. The molecule has 0 saturated heterocycles. The van der Waals surface area contributed by atoms with Gasteiger partial charge in [-0.15, -0.1) is 6.42 Å². The van der Waals surface area contributed by atoms with Crippen molar-refractivity contribution in [1.29, 1.82) is 5.41 Å². The first kappa shape index (κ1) is 15.4. The minimum absolute atomic E-state index is 0.0442. The number of rotatable bonds is 5. The lowest BCUT2D eigenvalue weighted by Crippen LogP contribution is -2.45. The molecule has 1 aromatic carbocycles. The summed E-state index contributed by atoms with van der Waals surface area (Å²) in [7, 11) is 0. The van der Waals surface area contributed by atoms with E-state index in [1.807, 2.05) is 36.3 Å². The van der Waals surface area contributed by atoms with Crippen molar-refractivity contribution in [1.82, 2.24) is 5.32 Å². The molecule has 1 rings (SSSR count). The maximum Gasteiger partial charge on any atom is 0.408 e. The summed E-state index contributed by atoms with van der Waals surface area (Å²) in [4.78, 5) is 23.1. The standard InChI is InChI=1S/C15H16N2O3/c1-4-13(18)14(10(2)16)17-15(19)20-11(3)12-8-6-5-7-9-12/h1,5-9,11,14,16H,2-3H3,(H,17,19). The van der Waals surface area contributed by atoms with E-state index < -0.39 is 24.0 Å². The summed E-state index contributed by atoms with van der Waals surface area (Å²) in [5.41, 5.74) is 0.784. The predicted molar refractivity (Wildman–Crippen MR) is 75.5 cm³/mol. The van der Waals surface area contributed by atoms with Crippen molar-refractivity contribution in [2.75, 3.05) is 0 Å². The number of nitrogens with one attached hydrogen (secondary N) is 2. The molecule has 2 atom stereocenters. The smallest absolute Gasteiger partial charge is 0.408 e. The Morgan fingerprint density at radius 3 is 2.45 bits per heavy atom. The average Bonchev–Trinajstić information content (AvgIpc) is 2.44. The molecule has 2 unspecified atom stereocenters. The predicted octanol–water partition coefficient (Wildman–Crippen LogP) is 2.08. The van der Waals surface area contributed by atoms with Gasteiger partial charge < -0.3 is 15.5 Å². The minimum atomic E-state index is -1.14. The van der Waals surface area contributed by atoms with E-state index in [2.05, 4.69) is 5.32 Å². The van der Waals surface area contributed by atoms with Crippen LogP contribution in [0.4, 0.5) is 4.79 Å². The third-order valence-corrected chi connectivity index (χ3v) is 2.65. The summed E-state index contributed by atoms with van der Waals surface area (Å²) in [6.45, 7) is 3.10. The van der Waals surface area contributed by atoms with Crippen molar-refractivity contribution >= 4 is 17.6 Å². The van der Waals surface area contributed by atoms with Crippen LogP contribution in [0.25, 0.3) is 0 Å². The average molecular weight is 272 g/mol. The van der Waals surface area contributed by atoms with Crippen molar-refractivity contribution in [3.63, 3.8) is 0 Å². The molecule has 0 aliphatic rings. The molecule has 0 saturated carbocycles. The van der Waals surface area contributed by atoms with E-state index in [4.69, 9.17) is 16.6 Å². The van der Waals surface area contributed by atoms with E-state index in [9.17, 15) is 9.59 Å². The SMILES string of the molecule is C#CC(=O)C(NC(=O)OC(C)c1ccccc1)C(C)=N. The van der Waals surface area contributed by atoms with Crippen LogP contribution >= 0.6 is 0 Å². The molecule has 0 spiro atoms. The molecule has 0 aromatic heterocycles. The number of hydrogen-bond donors (Lipinski definition) is 2. The second-order valence-corrected chi connectivity index (χ2v) is 4.23. The van der Waals surface area contributed by atoms with Crippen molar-refractivity contribution < 1.29 is 14.3 Å². The molecular formula is C15H16N2O3. The minimum Gasteiger partial charge on any atom is -0.442 e. The molecule has 1 aromatic rings. The maximum absolute atomic E-state index is 11.7. The van der Waals surface area contributed by atoms with Gasteiger partial charge >= 0.3 is 6.09 Å². The summed E-state index contributed by atoms with van der Waals surface area (Å²) in [5, 5.41) is 9.73. The van der Waals surface area contributed by atoms with Crippen molar-refractivity contribution in [2.24, 2.45) is 0 Å². The zero-order valence-electron chi connectivity index (χ0n) is 11.3. The number of alkyl carbamates (subject to hydrolysis) is 1. The van der Waals surface area contributed by atoms with Crippen molar-refractivity contribution in [3.8, 4) is 12.3 Å². The van der Waals surface area contributed by atoms with E-state index in [1.165, 1.54) is 6.92 Å². The highest BCUT2D eigenvalue weighted by Crippen LogP contribution is 2.15. The van der Waals surface area contributed by atoms with Crippen LogP contribution in [0.15, 0.2) is 30.3 Å². The van der Waals surface area contributed by atoms with Gasteiger partial charge in [-0.05, 0) is 25.3 Å². The molecular weight excluding hydrogens is 256 g/mol. The van der Waals surface area contributed by atoms with Gasteiger partial charge in [-0.1, -0.05) is 30.3 Å². The molecule has 0 radical (unpaired) electrons. The summed E-state index contributed by atoms with van der Waals surface area (Å²) >= 11 is 0. The monoisotopic (exact) mass is 272 g/mol. The molecule has 0 bridgehead atoms. The lowest BCUT2D eigenvalue weighted by atomic mass is 10.1. The van der Waals surface area contributed by atoms with Gasteiger partial charge in [0.05, 0.1) is 0 Å². The molecule has 1 amide bonds. The van der Waals surface area contributed by atoms with Crippen molar-refractivity contribution in [3.05, 3.63) is 35.9 Å². The Morgan fingerprint density at radius 1 is 1.35 bits per heavy atom. The largest absolute Gasteiger partial charge is 0.442 e. The van der Waals surface area contributed by atoms with Crippen LogP contribution in [-0.2, 0) is 9.53 Å². The van der Waals surface area contributed by atoms with Crippen molar-refractivity contribution in [2.45, 2.75) is 26.0 Å². The highest BCUT2D eigenvalue weighted by molar-refractivity contribution is 6.15. The number of hydrogen-bond acceptors (Lipinski definition) is 4. The molecule has 0 aliphatic heterocycles. The van der Waals surface area contributed by atoms with Gasteiger partial charge in [-0.25, -0.2) is 4.79 Å². The van der Waals surface area contributed by atoms with Crippen LogP contribution in [0.5, 0.6) is 0 Å². The van der Waals surface area contributed by atoms with Crippen LogP contribution in [0.3, 0.4) is 0 Å². The van der Waals surface area contributed by atoms with Crippen LogP contribution in [0, 0.1) is 17.8 Å². The third-order valence-electron chi connectivity index (χ3n) is 2.65. The Kier molecular flexibility index (Phi) is 5.48. The normalized spacial score (nSPS) is 12.7. The van der Waals surface area contributed by atoms with E-state index in [0.717, 1.165) is 5.56 Å². The lowest BCUT2D eigenvalue weighted by Gasteiger charge is -2.17. The Bertz CT molecular complexity index is 546. The number of ketones is 1. The van der Waals surface area contributed by atoms with E-state index in [1.54, 1.807) is 6.92 Å². The molecule has 2 N–H and O–H groups in total. The number of ether oxygens (including phenoxy) is 1. The highest BCUT2D eigenvalue weighted by Gasteiger charge is 2.23. The second kappa shape index (κ2) is 7.10. The fourth-order valence-electron chi connectivity index (χ4n) is 1.56. The molecule has 104 valence electrons. The Labute approximate surface area is 117 Å². The number of benzene rings is 1. The summed E-state index contributed by atoms with van der Waals surface area (Å²) < 4.78 is 5.14. The summed E-state index contributed by atoms with van der Waals surface area (Å²) in [6, 6.07) is 8.03. The molecule has 0 fully saturated rings. The maximum atomic E-state index is 11.7. The van der Waals surface area contributed by atoms with Crippen LogP contribution in [0.2, 0.25) is 0 Å². The second-order valence-electron chi connectivity index (χ2n) is 4.23. The molecule has 20 heavy (non-hydrogen) atoms. The first-order valence-corrected chi connectivity index (χ1v) is 6.03. The topological polar surface area (TPSA) is 79.2 Å². The number of carbonyl (C=O) groups is 2. The molecule has 5 heteroatoms. The molecule has 5 nitrogen and oxygen atoms in total. The van der Waals surface area contributed by atoms with E-state index >= 15 is 0 Å². The first-order valence-electron chi connectivity index (χ1n) is 6.03. The Hall–Kier alpha value is -2.61. The summed E-state index contributed by atoms with van der Waals surface area (Å²) in [5.74, 6) is 1.21. The molecule has 0 heterocycles. The third kappa shape index (κ3) is 4.25. The van der Waals surface area contributed by atoms with E-state index in [0.29, 0.717) is 0 Å². The van der Waals surface area contributed by atoms with Gasteiger partial charge in [-0.2, -0.15) is 0 Å². The number of amides is 1. The number of terminal acetylenes is 1. The quantitative estimate of drug-likeness (QED) is 0.489. The first-order chi connectivity index (χ1) is 9.45. The lowest BCUT2D eigenvalue weighted by molar-refractivity contribution is -0.114. The Balaban J connectivity index is 2.65. The van der Waals surface area contributed by atoms with Gasteiger partial charge in [0, 0.05) is 5.71 Å². The Morgan fingerprint density at radius 2 is 1.95 bits per heavy atom. The van der Waals surface area contributed by atoms with Gasteiger partial charge in [-0.3, -0.25) is 4.79 Å². The highest BCUT2D eigenvalue weighted by atomic mass is 16.6. The van der Waals surface area contributed by atoms with Crippen LogP contribution in [-0.4, -0.2) is 23.6 Å². The van der Waals surface area contributed by atoms with Gasteiger partial charge in [0.1, 0.15) is 12.1 Å². The molecule has 0 aliphatic carbocycles. The van der Waals surface area contributed by atoms with Gasteiger partial charge in [0.25, 0.3) is 0 Å². The van der Waals surface area contributed by atoms with Crippen LogP contribution in [0.1, 0.15) is 25.5 Å². The fraction of sp³-hybridized carbons (Fsp3) is 0.267. The zero-order valence-corrected chi connectivity index (χ0v) is 11.3.